The minimum atomic E-state index is -0.213. The van der Waals surface area contributed by atoms with E-state index >= 15 is 0 Å². The maximum Gasteiger partial charge on any atom is 0.287 e. The van der Waals surface area contributed by atoms with Gasteiger partial charge in [0.1, 0.15) is 0 Å². The highest BCUT2D eigenvalue weighted by atomic mass is 79.9. The van der Waals surface area contributed by atoms with E-state index in [1.165, 1.54) is 0 Å². The third-order valence-corrected chi connectivity index (χ3v) is 2.74. The van der Waals surface area contributed by atoms with Crippen LogP contribution in [0, 0.1) is 0 Å². The lowest BCUT2D eigenvalue weighted by Gasteiger charge is -2.14. The van der Waals surface area contributed by atoms with Crippen LogP contribution in [0.2, 0.25) is 5.22 Å². The summed E-state index contributed by atoms with van der Waals surface area (Å²) in [5.74, 6) is 0.0442. The van der Waals surface area contributed by atoms with Gasteiger partial charge in [-0.3, -0.25) is 4.79 Å². The second kappa shape index (κ2) is 6.18. The molecule has 1 amide bonds. The van der Waals surface area contributed by atoms with Crippen molar-refractivity contribution in [1.82, 2.24) is 5.32 Å². The Hall–Kier alpha value is -0.480. The molecule has 0 aliphatic carbocycles. The van der Waals surface area contributed by atoms with Gasteiger partial charge in [-0.1, -0.05) is 22.9 Å². The number of nitrogens with one attached hydrogen (secondary N) is 1. The summed E-state index contributed by atoms with van der Waals surface area (Å²) >= 11 is 8.93. The Morgan fingerprint density at radius 3 is 2.87 bits per heavy atom. The summed E-state index contributed by atoms with van der Waals surface area (Å²) < 4.78 is 5.01. The second-order valence-electron chi connectivity index (χ2n) is 3.16. The van der Waals surface area contributed by atoms with Crippen molar-refractivity contribution in [3.63, 3.8) is 0 Å². The number of amides is 1. The van der Waals surface area contributed by atoms with E-state index in [1.807, 2.05) is 6.92 Å². The number of rotatable bonds is 5. The number of carbonyl (C=O) groups is 1. The fraction of sp³-hybridized carbons (Fsp3) is 0.500. The fourth-order valence-corrected chi connectivity index (χ4v) is 1.90. The molecular weight excluding hydrogens is 281 g/mol. The first-order chi connectivity index (χ1) is 7.17. The predicted octanol–water partition coefficient (Wildman–Crippen LogP) is 3.23. The van der Waals surface area contributed by atoms with Gasteiger partial charge in [0.15, 0.2) is 11.0 Å². The third kappa shape index (κ3) is 3.87. The summed E-state index contributed by atoms with van der Waals surface area (Å²) in [5, 5.41) is 3.97. The smallest absolute Gasteiger partial charge is 0.287 e. The molecule has 0 aromatic carbocycles. The predicted molar refractivity (Wildman–Crippen MR) is 63.7 cm³/mol. The van der Waals surface area contributed by atoms with E-state index in [2.05, 4.69) is 21.2 Å². The molecule has 1 heterocycles. The van der Waals surface area contributed by atoms with Crippen LogP contribution in [-0.2, 0) is 0 Å². The first-order valence-electron chi connectivity index (χ1n) is 4.79. The molecule has 15 heavy (non-hydrogen) atoms. The molecule has 5 heteroatoms. The topological polar surface area (TPSA) is 42.2 Å². The maximum absolute atomic E-state index is 11.6. The van der Waals surface area contributed by atoms with Crippen LogP contribution in [0.4, 0.5) is 0 Å². The van der Waals surface area contributed by atoms with Crippen molar-refractivity contribution in [3.8, 4) is 0 Å². The Morgan fingerprint density at radius 1 is 1.67 bits per heavy atom. The quantitative estimate of drug-likeness (QED) is 0.847. The number of hydrogen-bond donors (Lipinski definition) is 1. The van der Waals surface area contributed by atoms with Gasteiger partial charge in [0.2, 0.25) is 0 Å². The van der Waals surface area contributed by atoms with E-state index in [0.29, 0.717) is 0 Å². The van der Waals surface area contributed by atoms with Gasteiger partial charge in [0.05, 0.1) is 0 Å². The first-order valence-corrected chi connectivity index (χ1v) is 6.29. The van der Waals surface area contributed by atoms with E-state index < -0.39 is 0 Å². The maximum atomic E-state index is 11.6. The highest BCUT2D eigenvalue weighted by molar-refractivity contribution is 9.09. The molecule has 3 nitrogen and oxygen atoms in total. The zero-order valence-corrected chi connectivity index (χ0v) is 10.8. The van der Waals surface area contributed by atoms with Crippen LogP contribution in [0.25, 0.3) is 0 Å². The molecule has 0 aliphatic rings. The van der Waals surface area contributed by atoms with Gasteiger partial charge in [-0.15, -0.1) is 0 Å². The number of carbonyl (C=O) groups excluding carboxylic acids is 1. The Balaban J connectivity index is 2.54. The molecule has 0 fully saturated rings. The molecular formula is C10H13BrClNO2. The molecule has 0 aliphatic heterocycles. The average Bonchev–Trinajstić information content (AvgIpc) is 2.64. The van der Waals surface area contributed by atoms with E-state index in [9.17, 15) is 4.79 Å². The average molecular weight is 295 g/mol. The van der Waals surface area contributed by atoms with Crippen LogP contribution in [0.5, 0.6) is 0 Å². The van der Waals surface area contributed by atoms with Gasteiger partial charge >= 0.3 is 0 Å². The number of hydrogen-bond acceptors (Lipinski definition) is 2. The van der Waals surface area contributed by atoms with Crippen LogP contribution >= 0.6 is 27.5 Å². The van der Waals surface area contributed by atoms with E-state index in [-0.39, 0.29) is 22.9 Å². The zero-order valence-electron chi connectivity index (χ0n) is 8.43. The number of halogens is 2. The van der Waals surface area contributed by atoms with Gasteiger partial charge < -0.3 is 9.73 Å². The lowest BCUT2D eigenvalue weighted by atomic mass is 10.2. The highest BCUT2D eigenvalue weighted by Gasteiger charge is 2.14. The van der Waals surface area contributed by atoms with Gasteiger partial charge in [0.25, 0.3) is 5.91 Å². The Morgan fingerprint density at radius 2 is 2.40 bits per heavy atom. The van der Waals surface area contributed by atoms with Crippen LogP contribution in [0.1, 0.15) is 30.3 Å². The van der Waals surface area contributed by atoms with E-state index in [0.717, 1.165) is 18.2 Å². The molecule has 84 valence electrons. The molecule has 1 rings (SSSR count). The lowest BCUT2D eigenvalue weighted by Crippen LogP contribution is -2.34. The molecule has 0 spiro atoms. The molecule has 0 saturated heterocycles. The summed E-state index contributed by atoms with van der Waals surface area (Å²) in [6.45, 7) is 2.03. The fourth-order valence-electron chi connectivity index (χ4n) is 1.20. The SMILES string of the molecule is CCC(CCBr)NC(=O)c1ccc(Cl)o1. The van der Waals surface area contributed by atoms with Crippen molar-refractivity contribution in [2.24, 2.45) is 0 Å². The summed E-state index contributed by atoms with van der Waals surface area (Å²) in [6.07, 6.45) is 1.79. The first kappa shape index (κ1) is 12.6. The summed E-state index contributed by atoms with van der Waals surface area (Å²) in [4.78, 5) is 11.6. The zero-order chi connectivity index (χ0) is 11.3. The van der Waals surface area contributed by atoms with Crippen molar-refractivity contribution in [2.45, 2.75) is 25.8 Å². The number of alkyl halides is 1. The molecule has 0 bridgehead atoms. The minimum absolute atomic E-state index is 0.167. The van der Waals surface area contributed by atoms with Crippen molar-refractivity contribution < 1.29 is 9.21 Å². The van der Waals surface area contributed by atoms with Crippen LogP contribution in [0.3, 0.4) is 0 Å². The molecule has 0 radical (unpaired) electrons. The Kier molecular flexibility index (Phi) is 5.19. The Labute approximate surface area is 102 Å². The molecule has 1 unspecified atom stereocenters. The van der Waals surface area contributed by atoms with Crippen LogP contribution in [0.15, 0.2) is 16.5 Å². The lowest BCUT2D eigenvalue weighted by molar-refractivity contribution is 0.0907. The van der Waals surface area contributed by atoms with Gasteiger partial charge in [-0.2, -0.15) is 0 Å². The van der Waals surface area contributed by atoms with Gasteiger partial charge in [-0.05, 0) is 36.6 Å². The van der Waals surface area contributed by atoms with Crippen molar-refractivity contribution in [1.29, 1.82) is 0 Å². The minimum Gasteiger partial charge on any atom is -0.440 e. The molecule has 1 atom stereocenters. The third-order valence-electron chi connectivity index (χ3n) is 2.08. The van der Waals surface area contributed by atoms with Gasteiger partial charge in [0, 0.05) is 11.4 Å². The van der Waals surface area contributed by atoms with Crippen LogP contribution < -0.4 is 5.32 Å². The highest BCUT2D eigenvalue weighted by Crippen LogP contribution is 2.13. The van der Waals surface area contributed by atoms with Crippen molar-refractivity contribution in [2.75, 3.05) is 5.33 Å². The van der Waals surface area contributed by atoms with E-state index in [4.69, 9.17) is 16.0 Å². The molecule has 1 aromatic heterocycles. The summed E-state index contributed by atoms with van der Waals surface area (Å²) in [6, 6.07) is 3.29. The van der Waals surface area contributed by atoms with Crippen molar-refractivity contribution >= 4 is 33.4 Å². The van der Waals surface area contributed by atoms with E-state index in [1.54, 1.807) is 12.1 Å². The van der Waals surface area contributed by atoms with Crippen molar-refractivity contribution in [3.05, 3.63) is 23.1 Å². The Bertz CT molecular complexity index is 327. The molecule has 0 saturated carbocycles. The second-order valence-corrected chi connectivity index (χ2v) is 4.33. The normalized spacial score (nSPS) is 12.5. The monoisotopic (exact) mass is 293 g/mol. The largest absolute Gasteiger partial charge is 0.440 e. The standard InChI is InChI=1S/C10H13BrClNO2/c1-2-7(5-6-11)13-10(14)8-3-4-9(12)15-8/h3-4,7H,2,5-6H2,1H3,(H,13,14). The number of furan rings is 1. The van der Waals surface area contributed by atoms with Crippen LogP contribution in [-0.4, -0.2) is 17.3 Å². The summed E-state index contributed by atoms with van der Waals surface area (Å²) in [7, 11) is 0. The summed E-state index contributed by atoms with van der Waals surface area (Å²) in [5.41, 5.74) is 0. The van der Waals surface area contributed by atoms with Gasteiger partial charge in [-0.25, -0.2) is 0 Å². The molecule has 1 N–H and O–H groups in total. The molecule has 1 aromatic rings.